The summed E-state index contributed by atoms with van der Waals surface area (Å²) in [5.41, 5.74) is 9.97. The topological polar surface area (TPSA) is 93.9 Å². The Morgan fingerprint density at radius 3 is 2.41 bits per heavy atom. The summed E-state index contributed by atoms with van der Waals surface area (Å²) in [7, 11) is 1.40. The number of aromatic amines is 1. The van der Waals surface area contributed by atoms with Crippen LogP contribution in [0.3, 0.4) is 0 Å². The third-order valence-electron chi connectivity index (χ3n) is 5.35. The van der Waals surface area contributed by atoms with Gasteiger partial charge in [-0.2, -0.15) is 0 Å². The van der Waals surface area contributed by atoms with Crippen molar-refractivity contribution in [3.05, 3.63) is 64.1 Å². The lowest BCUT2D eigenvalue weighted by molar-refractivity contribution is 0.0590. The zero-order valence-electron chi connectivity index (χ0n) is 14.8. The van der Waals surface area contributed by atoms with Crippen molar-refractivity contribution in [3.63, 3.8) is 0 Å². The number of nitrogen functional groups attached to an aromatic ring is 1. The number of nitrogens with zero attached hydrogens (tertiary/aromatic N) is 2. The summed E-state index contributed by atoms with van der Waals surface area (Å²) in [6.45, 7) is 0. The van der Waals surface area contributed by atoms with E-state index in [0.29, 0.717) is 5.69 Å². The van der Waals surface area contributed by atoms with Gasteiger partial charge in [-0.25, -0.2) is 14.8 Å². The molecule has 0 amide bonds. The normalized spacial score (nSPS) is 15.2. The fourth-order valence-corrected chi connectivity index (χ4v) is 4.50. The van der Waals surface area contributed by atoms with Gasteiger partial charge in [-0.3, -0.25) is 0 Å². The van der Waals surface area contributed by atoms with Crippen LogP contribution >= 0.6 is 15.9 Å². The van der Waals surface area contributed by atoms with Gasteiger partial charge in [0.05, 0.1) is 7.11 Å². The van der Waals surface area contributed by atoms with Gasteiger partial charge in [0, 0.05) is 39.6 Å². The van der Waals surface area contributed by atoms with Gasteiger partial charge in [0.15, 0.2) is 0 Å². The Morgan fingerprint density at radius 2 is 1.85 bits per heavy atom. The quantitative estimate of drug-likeness (QED) is 0.613. The number of nitrogens with one attached hydrogen (secondary N) is 1. The van der Waals surface area contributed by atoms with Gasteiger partial charge in [0.1, 0.15) is 5.69 Å². The molecule has 0 radical (unpaired) electrons. The molecule has 0 atom stereocenters. The van der Waals surface area contributed by atoms with Gasteiger partial charge in [-0.05, 0) is 39.9 Å². The van der Waals surface area contributed by atoms with Crippen LogP contribution in [0.15, 0.2) is 47.3 Å². The predicted octanol–water partition coefficient (Wildman–Crippen LogP) is 4.07. The molecule has 0 saturated heterocycles. The Hall–Kier alpha value is -2.67. The van der Waals surface area contributed by atoms with Crippen LogP contribution in [0.25, 0.3) is 11.1 Å². The standard InChI is InChI=1S/C20H19BrN4O2/c1-27-18(26)17-16(15(21)11-23-17)20(7-2-8-20)14-5-3-12(4-6-14)13-9-24-19(22)25-10-13/h3-6,9-11,23H,2,7-8H2,1H3,(H2,22,24,25). The number of methoxy groups -OCH3 is 1. The zero-order valence-corrected chi connectivity index (χ0v) is 16.4. The molecule has 2 heterocycles. The highest BCUT2D eigenvalue weighted by atomic mass is 79.9. The maximum Gasteiger partial charge on any atom is 0.354 e. The summed E-state index contributed by atoms with van der Waals surface area (Å²) in [5, 5.41) is 0. The minimum absolute atomic E-state index is 0.196. The van der Waals surface area contributed by atoms with E-state index in [0.717, 1.165) is 40.4 Å². The van der Waals surface area contributed by atoms with Crippen LogP contribution in [-0.4, -0.2) is 28.0 Å². The molecule has 7 heteroatoms. The number of aromatic nitrogens is 3. The first-order valence-corrected chi connectivity index (χ1v) is 9.48. The molecule has 1 aromatic carbocycles. The van der Waals surface area contributed by atoms with Crippen molar-refractivity contribution in [2.45, 2.75) is 24.7 Å². The second-order valence-electron chi connectivity index (χ2n) is 6.72. The number of anilines is 1. The van der Waals surface area contributed by atoms with E-state index in [4.69, 9.17) is 10.5 Å². The summed E-state index contributed by atoms with van der Waals surface area (Å²) < 4.78 is 5.86. The fraction of sp³-hybridized carbons (Fsp3) is 0.250. The summed E-state index contributed by atoms with van der Waals surface area (Å²) >= 11 is 3.61. The first-order valence-electron chi connectivity index (χ1n) is 8.69. The molecule has 27 heavy (non-hydrogen) atoms. The summed E-state index contributed by atoms with van der Waals surface area (Å²) in [6, 6.07) is 8.35. The predicted molar refractivity (Wildman–Crippen MR) is 106 cm³/mol. The number of ether oxygens (including phenoxy) is 1. The van der Waals surface area contributed by atoms with Crippen LogP contribution in [-0.2, 0) is 10.2 Å². The second-order valence-corrected chi connectivity index (χ2v) is 7.58. The van der Waals surface area contributed by atoms with E-state index in [1.165, 1.54) is 12.7 Å². The summed E-state index contributed by atoms with van der Waals surface area (Å²) in [4.78, 5) is 23.4. The number of hydrogen-bond donors (Lipinski definition) is 2. The van der Waals surface area contributed by atoms with E-state index in [1.807, 2.05) is 6.20 Å². The molecule has 1 aliphatic carbocycles. The maximum atomic E-state index is 12.2. The molecule has 1 aliphatic rings. The van der Waals surface area contributed by atoms with E-state index in [9.17, 15) is 4.79 Å². The van der Waals surface area contributed by atoms with Crippen molar-refractivity contribution in [2.24, 2.45) is 0 Å². The van der Waals surface area contributed by atoms with Crippen molar-refractivity contribution in [1.82, 2.24) is 15.0 Å². The minimum atomic E-state index is -0.349. The SMILES string of the molecule is COC(=O)c1[nH]cc(Br)c1C1(c2ccc(-c3cnc(N)nc3)cc2)CCC1. The molecule has 6 nitrogen and oxygen atoms in total. The molecule has 0 aliphatic heterocycles. The maximum absolute atomic E-state index is 12.2. The lowest BCUT2D eigenvalue weighted by Crippen LogP contribution is -2.37. The third-order valence-corrected chi connectivity index (χ3v) is 5.98. The van der Waals surface area contributed by atoms with Crippen molar-refractivity contribution in [2.75, 3.05) is 12.8 Å². The van der Waals surface area contributed by atoms with Crippen LogP contribution in [0.2, 0.25) is 0 Å². The molecule has 3 N–H and O–H groups in total. The number of carbonyl (C=O) groups is 1. The molecular weight excluding hydrogens is 408 g/mol. The average Bonchev–Trinajstić information content (AvgIpc) is 3.04. The second kappa shape index (κ2) is 6.81. The number of esters is 1. The van der Waals surface area contributed by atoms with Crippen LogP contribution in [0.1, 0.15) is 40.9 Å². The molecule has 0 spiro atoms. The number of hydrogen-bond acceptors (Lipinski definition) is 5. The van der Waals surface area contributed by atoms with Crippen molar-refractivity contribution in [3.8, 4) is 11.1 Å². The molecular formula is C20H19BrN4O2. The molecule has 3 aromatic rings. The third kappa shape index (κ3) is 2.92. The van der Waals surface area contributed by atoms with Gasteiger partial charge in [0.25, 0.3) is 0 Å². The van der Waals surface area contributed by atoms with Crippen LogP contribution in [0.4, 0.5) is 5.95 Å². The molecule has 0 unspecified atom stereocenters. The molecule has 1 fully saturated rings. The Morgan fingerprint density at radius 1 is 1.19 bits per heavy atom. The highest BCUT2D eigenvalue weighted by Crippen LogP contribution is 2.52. The number of H-pyrrole nitrogens is 1. The van der Waals surface area contributed by atoms with Gasteiger partial charge in [-0.1, -0.05) is 30.7 Å². The van der Waals surface area contributed by atoms with Gasteiger partial charge in [0.2, 0.25) is 5.95 Å². The van der Waals surface area contributed by atoms with Gasteiger partial charge >= 0.3 is 5.97 Å². The first-order chi connectivity index (χ1) is 13.0. The Bertz CT molecular complexity index is 976. The number of halogens is 1. The number of rotatable bonds is 4. The Balaban J connectivity index is 1.74. The van der Waals surface area contributed by atoms with Crippen molar-refractivity contribution in [1.29, 1.82) is 0 Å². The first kappa shape index (κ1) is 17.7. The average molecular weight is 427 g/mol. The van der Waals surface area contributed by atoms with Crippen LogP contribution < -0.4 is 5.73 Å². The van der Waals surface area contributed by atoms with E-state index in [-0.39, 0.29) is 17.3 Å². The highest BCUT2D eigenvalue weighted by molar-refractivity contribution is 9.10. The van der Waals surface area contributed by atoms with Gasteiger partial charge in [-0.15, -0.1) is 0 Å². The molecule has 138 valence electrons. The van der Waals surface area contributed by atoms with E-state index >= 15 is 0 Å². The number of benzene rings is 1. The van der Waals surface area contributed by atoms with E-state index in [2.05, 4.69) is 55.1 Å². The lowest BCUT2D eigenvalue weighted by atomic mass is 9.60. The van der Waals surface area contributed by atoms with Gasteiger partial charge < -0.3 is 15.5 Å². The van der Waals surface area contributed by atoms with Crippen LogP contribution in [0.5, 0.6) is 0 Å². The highest BCUT2D eigenvalue weighted by Gasteiger charge is 2.44. The van der Waals surface area contributed by atoms with Crippen LogP contribution in [0, 0.1) is 0 Å². The number of carbonyl (C=O) groups excluding carboxylic acids is 1. The van der Waals surface area contributed by atoms with Crippen molar-refractivity contribution >= 4 is 27.8 Å². The smallest absolute Gasteiger partial charge is 0.354 e. The minimum Gasteiger partial charge on any atom is -0.464 e. The summed E-state index contributed by atoms with van der Waals surface area (Å²) in [5.74, 6) is -0.0888. The fourth-order valence-electron chi connectivity index (χ4n) is 3.81. The van der Waals surface area contributed by atoms with E-state index < -0.39 is 0 Å². The molecule has 1 saturated carbocycles. The largest absolute Gasteiger partial charge is 0.464 e. The summed E-state index contributed by atoms with van der Waals surface area (Å²) in [6.07, 6.45) is 8.33. The molecule has 4 rings (SSSR count). The molecule has 2 aromatic heterocycles. The monoisotopic (exact) mass is 426 g/mol. The van der Waals surface area contributed by atoms with Crippen molar-refractivity contribution < 1.29 is 9.53 Å². The van der Waals surface area contributed by atoms with E-state index in [1.54, 1.807) is 12.4 Å². The molecule has 0 bridgehead atoms. The Labute approximate surface area is 165 Å². The zero-order chi connectivity index (χ0) is 19.0. The Kier molecular flexibility index (Phi) is 4.47. The number of nitrogens with two attached hydrogens (primary N) is 1. The lowest BCUT2D eigenvalue weighted by Gasteiger charge is -2.43.